The van der Waals surface area contributed by atoms with Crippen LogP contribution in [0.1, 0.15) is 65.4 Å². The van der Waals surface area contributed by atoms with Crippen molar-refractivity contribution < 1.29 is 9.53 Å². The van der Waals surface area contributed by atoms with Gasteiger partial charge in [-0.25, -0.2) is 0 Å². The Bertz CT molecular complexity index is 812. The highest BCUT2D eigenvalue weighted by atomic mass is 16.5. The molecule has 27 heavy (non-hydrogen) atoms. The second-order valence-corrected chi connectivity index (χ2v) is 8.32. The lowest BCUT2D eigenvalue weighted by molar-refractivity contribution is -0.152. The maximum absolute atomic E-state index is 13.3. The molecular weight excluding hydrogens is 332 g/mol. The molecule has 0 spiro atoms. The first-order valence-electron chi connectivity index (χ1n) is 10.0. The first-order chi connectivity index (χ1) is 12.9. The maximum atomic E-state index is 13.3. The Kier molecular flexibility index (Phi) is 5.33. The molecule has 2 nitrogen and oxygen atoms in total. The molecule has 0 saturated heterocycles. The van der Waals surface area contributed by atoms with Gasteiger partial charge in [-0.3, -0.25) is 4.79 Å². The number of terminal acetylenes is 1. The number of benzene rings is 1. The third kappa shape index (κ3) is 3.25. The van der Waals surface area contributed by atoms with Gasteiger partial charge in [-0.15, -0.1) is 6.42 Å². The third-order valence-electron chi connectivity index (χ3n) is 6.48. The van der Waals surface area contributed by atoms with Gasteiger partial charge in [0.05, 0.1) is 5.41 Å². The SMILES string of the molecule is C#CC(OC(=O)C1(CC)C(=C2CCCC2)C1(C)C)C(C)=Cc1ccccc1. The molecule has 142 valence electrons. The monoisotopic (exact) mass is 362 g/mol. The van der Waals surface area contributed by atoms with Crippen molar-refractivity contribution in [2.45, 2.75) is 65.9 Å². The number of carbonyl (C=O) groups is 1. The van der Waals surface area contributed by atoms with Gasteiger partial charge in [0.25, 0.3) is 0 Å². The number of rotatable bonds is 5. The number of esters is 1. The van der Waals surface area contributed by atoms with Gasteiger partial charge in [0.2, 0.25) is 0 Å². The molecule has 2 saturated carbocycles. The van der Waals surface area contributed by atoms with Crippen molar-refractivity contribution in [1.29, 1.82) is 0 Å². The van der Waals surface area contributed by atoms with E-state index in [0.29, 0.717) is 0 Å². The number of allylic oxidation sites excluding steroid dienone is 1. The molecule has 0 aromatic heterocycles. The number of ether oxygens (including phenoxy) is 1. The Morgan fingerprint density at radius 3 is 2.44 bits per heavy atom. The van der Waals surface area contributed by atoms with Crippen LogP contribution in [0.4, 0.5) is 0 Å². The molecule has 1 aromatic carbocycles. The first-order valence-corrected chi connectivity index (χ1v) is 10.0. The van der Waals surface area contributed by atoms with Crippen LogP contribution >= 0.6 is 0 Å². The van der Waals surface area contributed by atoms with Crippen LogP contribution in [-0.4, -0.2) is 12.1 Å². The largest absolute Gasteiger partial charge is 0.444 e. The van der Waals surface area contributed by atoms with E-state index in [1.165, 1.54) is 24.0 Å². The van der Waals surface area contributed by atoms with Crippen molar-refractivity contribution in [3.05, 3.63) is 52.6 Å². The smallest absolute Gasteiger partial charge is 0.318 e. The topological polar surface area (TPSA) is 26.3 Å². The van der Waals surface area contributed by atoms with Crippen LogP contribution in [0.3, 0.4) is 0 Å². The van der Waals surface area contributed by atoms with E-state index in [1.807, 2.05) is 43.3 Å². The fraction of sp³-hybridized carbons (Fsp3) is 0.480. The molecule has 2 aliphatic rings. The summed E-state index contributed by atoms with van der Waals surface area (Å²) in [6.07, 6.45) is 12.6. The lowest BCUT2D eigenvalue weighted by Gasteiger charge is -2.20. The zero-order chi connectivity index (χ0) is 19.7. The van der Waals surface area contributed by atoms with Gasteiger partial charge >= 0.3 is 5.97 Å². The summed E-state index contributed by atoms with van der Waals surface area (Å²) in [7, 11) is 0. The maximum Gasteiger partial charge on any atom is 0.318 e. The van der Waals surface area contributed by atoms with Crippen LogP contribution in [0.15, 0.2) is 47.1 Å². The summed E-state index contributed by atoms with van der Waals surface area (Å²) in [5.41, 5.74) is 4.09. The second-order valence-electron chi connectivity index (χ2n) is 8.32. The summed E-state index contributed by atoms with van der Waals surface area (Å²) in [6.45, 7) is 8.37. The number of hydrogen-bond acceptors (Lipinski definition) is 2. The normalized spacial score (nSPS) is 25.1. The van der Waals surface area contributed by atoms with Gasteiger partial charge in [-0.05, 0) is 55.7 Å². The molecule has 1 aromatic rings. The van der Waals surface area contributed by atoms with Gasteiger partial charge in [0.15, 0.2) is 6.10 Å². The molecule has 0 N–H and O–H groups in total. The van der Waals surface area contributed by atoms with E-state index in [9.17, 15) is 4.79 Å². The molecule has 0 radical (unpaired) electrons. The summed E-state index contributed by atoms with van der Waals surface area (Å²) in [5.74, 6) is 2.50. The van der Waals surface area contributed by atoms with Gasteiger partial charge < -0.3 is 4.74 Å². The van der Waals surface area contributed by atoms with E-state index in [-0.39, 0.29) is 11.4 Å². The molecule has 2 fully saturated rings. The van der Waals surface area contributed by atoms with Gasteiger partial charge in [0, 0.05) is 5.41 Å². The minimum atomic E-state index is -0.632. The van der Waals surface area contributed by atoms with Gasteiger partial charge in [0.1, 0.15) is 0 Å². The van der Waals surface area contributed by atoms with E-state index in [1.54, 1.807) is 0 Å². The van der Waals surface area contributed by atoms with Crippen molar-refractivity contribution in [3.63, 3.8) is 0 Å². The highest BCUT2D eigenvalue weighted by Gasteiger charge is 2.72. The summed E-state index contributed by atoms with van der Waals surface area (Å²) < 4.78 is 5.90. The molecule has 2 heteroatoms. The molecule has 3 rings (SSSR count). The Morgan fingerprint density at radius 1 is 1.26 bits per heavy atom. The first kappa shape index (κ1) is 19.5. The van der Waals surface area contributed by atoms with Crippen LogP contribution in [0.5, 0.6) is 0 Å². The van der Waals surface area contributed by atoms with Crippen LogP contribution < -0.4 is 0 Å². The average Bonchev–Trinajstić information content (AvgIpc) is 2.97. The summed E-state index contributed by atoms with van der Waals surface area (Å²) in [6, 6.07) is 9.96. The van der Waals surface area contributed by atoms with Crippen molar-refractivity contribution in [2.75, 3.05) is 0 Å². The van der Waals surface area contributed by atoms with Crippen molar-refractivity contribution in [1.82, 2.24) is 0 Å². The standard InChI is InChI=1S/C25H30O2/c1-6-21(18(3)17-19-13-9-8-10-14-19)27-23(26)25(7-2)22(24(25,4)5)20-15-11-12-16-20/h1,8-10,13-14,17,21H,7,11-12,15-16H2,2-5H3. The summed E-state index contributed by atoms with van der Waals surface area (Å²) in [4.78, 5) is 13.3. The fourth-order valence-electron chi connectivity index (χ4n) is 5.00. The minimum absolute atomic E-state index is 0.130. The second kappa shape index (κ2) is 7.39. The van der Waals surface area contributed by atoms with E-state index in [4.69, 9.17) is 11.2 Å². The average molecular weight is 363 g/mol. The molecule has 0 bridgehead atoms. The Morgan fingerprint density at radius 2 is 1.89 bits per heavy atom. The zero-order valence-electron chi connectivity index (χ0n) is 17.0. The third-order valence-corrected chi connectivity index (χ3v) is 6.48. The molecular formula is C25H30O2. The highest BCUT2D eigenvalue weighted by Crippen LogP contribution is 2.73. The van der Waals surface area contributed by atoms with Crippen LogP contribution in [0.25, 0.3) is 6.08 Å². The minimum Gasteiger partial charge on any atom is -0.444 e. The van der Waals surface area contributed by atoms with Crippen molar-refractivity contribution >= 4 is 12.0 Å². The van der Waals surface area contributed by atoms with E-state index >= 15 is 0 Å². The van der Waals surface area contributed by atoms with Crippen LogP contribution in [-0.2, 0) is 9.53 Å². The predicted molar refractivity (Wildman–Crippen MR) is 111 cm³/mol. The zero-order valence-corrected chi connectivity index (χ0v) is 17.0. The Labute approximate surface area is 163 Å². The Hall–Kier alpha value is -2.27. The van der Waals surface area contributed by atoms with Crippen molar-refractivity contribution in [2.24, 2.45) is 10.8 Å². The Balaban J connectivity index is 1.84. The molecule has 2 aliphatic carbocycles. The lowest BCUT2D eigenvalue weighted by Crippen LogP contribution is -2.28. The highest BCUT2D eigenvalue weighted by molar-refractivity contribution is 5.90. The van der Waals surface area contributed by atoms with Gasteiger partial charge in [-0.2, -0.15) is 0 Å². The molecule has 2 atom stereocenters. The molecule has 0 heterocycles. The summed E-state index contributed by atoms with van der Waals surface area (Å²) in [5, 5.41) is 0. The van der Waals surface area contributed by atoms with Crippen LogP contribution in [0.2, 0.25) is 0 Å². The van der Waals surface area contributed by atoms with Crippen LogP contribution in [0, 0.1) is 23.2 Å². The van der Waals surface area contributed by atoms with E-state index in [2.05, 4.69) is 26.7 Å². The number of hydrogen-bond donors (Lipinski definition) is 0. The van der Waals surface area contributed by atoms with Gasteiger partial charge in [-0.1, -0.05) is 68.7 Å². The summed E-state index contributed by atoms with van der Waals surface area (Å²) >= 11 is 0. The van der Waals surface area contributed by atoms with E-state index in [0.717, 1.165) is 30.4 Å². The molecule has 0 amide bonds. The van der Waals surface area contributed by atoms with Crippen molar-refractivity contribution in [3.8, 4) is 12.3 Å². The molecule has 0 aliphatic heterocycles. The molecule has 2 unspecified atom stereocenters. The van der Waals surface area contributed by atoms with E-state index < -0.39 is 11.5 Å². The fourth-order valence-corrected chi connectivity index (χ4v) is 5.00. The quantitative estimate of drug-likeness (QED) is 0.368. The number of carbonyl (C=O) groups excluding carboxylic acids is 1. The lowest BCUT2D eigenvalue weighted by atomic mass is 9.93. The predicted octanol–water partition coefficient (Wildman–Crippen LogP) is 5.94.